The fourth-order valence-corrected chi connectivity index (χ4v) is 16.1. The first kappa shape index (κ1) is 67.7. The molecule has 2 atom stereocenters. The summed E-state index contributed by atoms with van der Waals surface area (Å²) < 4.78 is 0. The van der Waals surface area contributed by atoms with Crippen LogP contribution in [0.5, 0.6) is 0 Å². The number of halogens is 2. The van der Waals surface area contributed by atoms with Gasteiger partial charge in [0.05, 0.1) is 0 Å². The molecule has 0 aliphatic heterocycles. The zero-order valence-corrected chi connectivity index (χ0v) is 61.9. The quantitative estimate of drug-likeness (QED) is 0.0650. The van der Waals surface area contributed by atoms with Gasteiger partial charge in [-0.2, -0.15) is 12.1 Å². The van der Waals surface area contributed by atoms with Crippen molar-refractivity contribution in [2.24, 2.45) is 0 Å². The van der Waals surface area contributed by atoms with Gasteiger partial charge in [-0.05, 0) is 181 Å². The molecule has 0 fully saturated rings. The summed E-state index contributed by atoms with van der Waals surface area (Å²) in [7, 11) is 0. The normalized spacial score (nSPS) is 12.0. The van der Waals surface area contributed by atoms with E-state index < -0.39 is 0 Å². The fourth-order valence-electron chi connectivity index (χ4n) is 16.1. The van der Waals surface area contributed by atoms with Gasteiger partial charge in [-0.25, -0.2) is 0 Å². The van der Waals surface area contributed by atoms with Gasteiger partial charge < -0.3 is 24.8 Å². The van der Waals surface area contributed by atoms with E-state index in [0.29, 0.717) is 11.8 Å². The Morgan fingerprint density at radius 2 is 0.480 bits per heavy atom. The smallest absolute Gasteiger partial charge is 1.00 e. The van der Waals surface area contributed by atoms with Crippen LogP contribution in [0.25, 0.3) is 152 Å². The minimum absolute atomic E-state index is 0. The zero-order chi connectivity index (χ0) is 66.2. The van der Waals surface area contributed by atoms with Crippen LogP contribution in [0.3, 0.4) is 0 Å². The minimum atomic E-state index is 0. The van der Waals surface area contributed by atoms with Crippen molar-refractivity contribution >= 4 is 113 Å². The van der Waals surface area contributed by atoms with Crippen LogP contribution in [-0.2, 0) is 36.2 Å². The van der Waals surface area contributed by atoms with E-state index in [1.807, 2.05) is 0 Å². The molecule has 0 nitrogen and oxygen atoms in total. The maximum absolute atomic E-state index is 2.50. The fraction of sp³-hybridized carbons (Fsp3) is 0.104. The maximum atomic E-state index is 2.50. The van der Waals surface area contributed by atoms with Gasteiger partial charge >= 0.3 is 41.9 Å². The van der Waals surface area contributed by atoms with Gasteiger partial charge in [0.1, 0.15) is 0 Å². The SMILES string of the molecule is CCC(Cc1cc2c(-c3c4ccccc4cc4ccccc34)ccc(-c3c4ccccc4cc4ccccc34)c2[cH-]1)c1ccccc1.CCC(Cc1cc2c(-c3c4ccccc4cc4ccccc34)ccc(-c3c4ccccc4cc4ccccc34)c2[cH-]1)c1ccccc1.C[Si](C)=[Zr+2].[Cl-].[Cl-]. The van der Waals surface area contributed by atoms with Gasteiger partial charge in [0.15, 0.2) is 0 Å². The number of fused-ring (bicyclic) bond motifs is 10. The Kier molecular flexibility index (Phi) is 20.1. The van der Waals surface area contributed by atoms with Crippen molar-refractivity contribution in [1.82, 2.24) is 0 Å². The van der Waals surface area contributed by atoms with E-state index in [2.05, 4.69) is 355 Å². The average molecular weight is 1420 g/mol. The summed E-state index contributed by atoms with van der Waals surface area (Å²) in [5.74, 6) is 0.938. The molecule has 0 radical (unpaired) electrons. The van der Waals surface area contributed by atoms with Crippen molar-refractivity contribution in [3.05, 3.63) is 350 Å². The summed E-state index contributed by atoms with van der Waals surface area (Å²) in [5, 5.41) is 26.0. The van der Waals surface area contributed by atoms with Crippen LogP contribution < -0.4 is 24.8 Å². The van der Waals surface area contributed by atoms with Crippen molar-refractivity contribution in [2.45, 2.75) is 64.5 Å². The average Bonchev–Trinajstić information content (AvgIpc) is 1.29. The molecular weight excluding hydrogens is 1340 g/mol. The molecule has 0 aliphatic carbocycles. The summed E-state index contributed by atoms with van der Waals surface area (Å²) in [5.41, 5.74) is 16.4. The Morgan fingerprint density at radius 1 is 0.270 bits per heavy atom. The molecular formula is C96H76Cl2SiZr-2. The van der Waals surface area contributed by atoms with E-state index in [0.717, 1.165) is 25.7 Å². The summed E-state index contributed by atoms with van der Waals surface area (Å²) in [4.78, 5) is 0. The summed E-state index contributed by atoms with van der Waals surface area (Å²) >= 11 is 1.74. The Hall–Kier alpha value is -9.50. The van der Waals surface area contributed by atoms with Crippen molar-refractivity contribution in [1.29, 1.82) is 0 Å². The van der Waals surface area contributed by atoms with E-state index in [1.54, 1.807) is 23.3 Å². The van der Waals surface area contributed by atoms with Crippen LogP contribution in [0.15, 0.2) is 328 Å². The van der Waals surface area contributed by atoms with Crippen LogP contribution in [0, 0.1) is 0 Å². The van der Waals surface area contributed by atoms with E-state index in [4.69, 9.17) is 0 Å². The minimum Gasteiger partial charge on any atom is -1.00 e. The first-order valence-corrected chi connectivity index (χ1v) is 41.1. The molecule has 0 heterocycles. The maximum Gasteiger partial charge on any atom is -1.00 e. The van der Waals surface area contributed by atoms with Crippen LogP contribution in [-0.4, -0.2) is 5.43 Å². The molecule has 18 rings (SSSR count). The number of rotatable bonds is 12. The molecule has 0 saturated heterocycles. The molecule has 0 N–H and O–H groups in total. The second-order valence-corrected chi connectivity index (χ2v) is 36.3. The molecule has 18 aromatic carbocycles. The van der Waals surface area contributed by atoms with Crippen molar-refractivity contribution in [3.8, 4) is 44.5 Å². The topological polar surface area (TPSA) is 0 Å². The Labute approximate surface area is 614 Å². The third-order valence-electron chi connectivity index (χ3n) is 20.5. The van der Waals surface area contributed by atoms with Crippen molar-refractivity contribution < 1.29 is 48.1 Å². The second kappa shape index (κ2) is 29.8. The Morgan fingerprint density at radius 3 is 0.720 bits per heavy atom. The second-order valence-electron chi connectivity index (χ2n) is 26.9. The van der Waals surface area contributed by atoms with Crippen LogP contribution in [0.4, 0.5) is 0 Å². The Balaban J connectivity index is 0.000000159. The molecule has 2 unspecified atom stereocenters. The monoisotopic (exact) mass is 1420 g/mol. The van der Waals surface area contributed by atoms with E-state index >= 15 is 0 Å². The molecule has 0 aromatic heterocycles. The molecule has 0 spiro atoms. The molecule has 0 amide bonds. The van der Waals surface area contributed by atoms with Crippen molar-refractivity contribution in [3.63, 3.8) is 0 Å². The first-order chi connectivity index (χ1) is 48.3. The molecule has 484 valence electrons. The molecule has 100 heavy (non-hydrogen) atoms. The first-order valence-electron chi connectivity index (χ1n) is 35.0. The zero-order valence-electron chi connectivity index (χ0n) is 56.9. The molecule has 0 bridgehead atoms. The van der Waals surface area contributed by atoms with Gasteiger partial charge in [0, 0.05) is 0 Å². The summed E-state index contributed by atoms with van der Waals surface area (Å²) in [6.45, 7) is 9.26. The third-order valence-corrected chi connectivity index (χ3v) is 20.5. The van der Waals surface area contributed by atoms with Crippen molar-refractivity contribution in [2.75, 3.05) is 0 Å². The Bertz CT molecular complexity index is 5140. The number of hydrogen-bond donors (Lipinski definition) is 0. The predicted molar refractivity (Wildman–Crippen MR) is 425 cm³/mol. The molecule has 0 saturated carbocycles. The molecule has 18 aromatic rings. The summed E-state index contributed by atoms with van der Waals surface area (Å²) in [6.07, 6.45) is 4.24. The third kappa shape index (κ3) is 13.0. The van der Waals surface area contributed by atoms with Gasteiger partial charge in [-0.15, -0.1) is 44.8 Å². The van der Waals surface area contributed by atoms with Gasteiger partial charge in [0.25, 0.3) is 0 Å². The van der Waals surface area contributed by atoms with Crippen LogP contribution in [0.1, 0.15) is 60.8 Å². The predicted octanol–water partition coefficient (Wildman–Crippen LogP) is 21.3. The summed E-state index contributed by atoms with van der Waals surface area (Å²) in [6, 6.07) is 122. The van der Waals surface area contributed by atoms with Gasteiger partial charge in [-0.1, -0.05) is 315 Å². The van der Waals surface area contributed by atoms with Gasteiger partial charge in [0.2, 0.25) is 0 Å². The molecule has 0 aliphatic rings. The standard InChI is InChI=1S/2C47H35.C2H6Si.2ClH.Zr/c2*1-2-32(33-14-4-3-5-15-33)26-31-27-44-42(46-38-20-10-6-16-34(38)29-35-17-7-11-21-39(35)46)24-25-43(45(44)28-31)47-40-22-12-8-18-36(40)30-37-19-9-13-23-41(37)47;1-3-2;;;/h2*3-25,27-30,32H,2,26H2,1H3;1-2H3;2*1H;/q2*-1;;;;+2/p-2. The van der Waals surface area contributed by atoms with Crippen LogP contribution in [0.2, 0.25) is 13.1 Å². The van der Waals surface area contributed by atoms with Gasteiger partial charge in [-0.3, -0.25) is 0 Å². The number of benzene rings is 16. The van der Waals surface area contributed by atoms with E-state index in [-0.39, 0.29) is 30.2 Å². The molecule has 4 heteroatoms. The van der Waals surface area contributed by atoms with E-state index in [9.17, 15) is 0 Å². The van der Waals surface area contributed by atoms with E-state index in [1.165, 1.54) is 174 Å². The van der Waals surface area contributed by atoms with Crippen LogP contribution >= 0.6 is 0 Å². The largest absolute Gasteiger partial charge is 1.00 e. The number of hydrogen-bond acceptors (Lipinski definition) is 0.